The van der Waals surface area contributed by atoms with Crippen LogP contribution in [-0.4, -0.2) is 53.9 Å². The summed E-state index contributed by atoms with van der Waals surface area (Å²) in [5, 5.41) is 16.0. The number of benzene rings is 1. The Kier molecular flexibility index (Phi) is 3.06. The molecule has 0 radical (unpaired) electrons. The van der Waals surface area contributed by atoms with Crippen LogP contribution in [-0.2, 0) is 11.3 Å². The van der Waals surface area contributed by atoms with Gasteiger partial charge in [-0.15, -0.1) is 10.2 Å². The van der Waals surface area contributed by atoms with Gasteiger partial charge in [-0.1, -0.05) is 22.6 Å². The molecule has 0 spiro atoms. The molecule has 0 N–H and O–H groups in total. The predicted octanol–water partition coefficient (Wildman–Crippen LogP) is 0.496. The minimum Gasteiger partial charge on any atom is -0.339 e. The van der Waals surface area contributed by atoms with Gasteiger partial charge in [-0.2, -0.15) is 0 Å². The van der Waals surface area contributed by atoms with Gasteiger partial charge in [-0.25, -0.2) is 9.36 Å². The van der Waals surface area contributed by atoms with Crippen molar-refractivity contribution < 1.29 is 4.79 Å². The number of fused-ring (bicyclic) bond motifs is 1. The second-order valence-electron chi connectivity index (χ2n) is 5.40. The number of nitrogens with zero attached hydrogens (tertiary/aromatic N) is 7. The second kappa shape index (κ2) is 5.21. The van der Waals surface area contributed by atoms with Gasteiger partial charge in [0.2, 0.25) is 5.91 Å². The Labute approximate surface area is 126 Å². The van der Waals surface area contributed by atoms with E-state index in [-0.39, 0.29) is 18.5 Å². The molecule has 2 aromatic heterocycles. The van der Waals surface area contributed by atoms with E-state index in [0.717, 1.165) is 24.0 Å². The van der Waals surface area contributed by atoms with Gasteiger partial charge in [0, 0.05) is 19.3 Å². The highest BCUT2D eigenvalue weighted by atomic mass is 16.2. The van der Waals surface area contributed by atoms with Crippen molar-refractivity contribution >= 4 is 16.9 Å². The van der Waals surface area contributed by atoms with Gasteiger partial charge in [-0.05, 0) is 18.6 Å². The lowest BCUT2D eigenvalue weighted by atomic mass is 10.3. The van der Waals surface area contributed by atoms with Gasteiger partial charge in [0.1, 0.15) is 12.1 Å². The van der Waals surface area contributed by atoms with E-state index in [1.807, 2.05) is 40.0 Å². The number of rotatable bonds is 3. The molecule has 1 fully saturated rings. The average molecular weight is 297 g/mol. The molecular weight excluding hydrogens is 282 g/mol. The lowest BCUT2D eigenvalue weighted by Gasteiger charge is -2.16. The Morgan fingerprint density at radius 3 is 3.05 bits per heavy atom. The van der Waals surface area contributed by atoms with Crippen LogP contribution in [0.4, 0.5) is 0 Å². The Bertz CT molecular complexity index is 794. The molecule has 3 aromatic rings. The zero-order valence-electron chi connectivity index (χ0n) is 11.9. The van der Waals surface area contributed by atoms with Crippen molar-refractivity contribution in [2.75, 3.05) is 13.1 Å². The summed E-state index contributed by atoms with van der Waals surface area (Å²) in [5.41, 5.74) is 1.68. The molecule has 22 heavy (non-hydrogen) atoms. The fraction of sp³-hybridized carbons (Fsp3) is 0.357. The van der Waals surface area contributed by atoms with E-state index in [2.05, 4.69) is 20.6 Å². The van der Waals surface area contributed by atoms with Crippen molar-refractivity contribution in [1.29, 1.82) is 0 Å². The van der Waals surface area contributed by atoms with E-state index < -0.39 is 0 Å². The first-order valence-electron chi connectivity index (χ1n) is 7.23. The summed E-state index contributed by atoms with van der Waals surface area (Å²) >= 11 is 0. The molecule has 0 aliphatic carbocycles. The molecule has 1 amide bonds. The zero-order valence-corrected chi connectivity index (χ0v) is 11.9. The van der Waals surface area contributed by atoms with Gasteiger partial charge < -0.3 is 4.90 Å². The Balaban J connectivity index is 1.47. The number of hydrogen-bond donors (Lipinski definition) is 0. The van der Waals surface area contributed by atoms with E-state index in [4.69, 9.17) is 0 Å². The Morgan fingerprint density at radius 1 is 1.27 bits per heavy atom. The third kappa shape index (κ3) is 2.22. The summed E-state index contributed by atoms with van der Waals surface area (Å²) in [6.07, 6.45) is 4.39. The molecule has 8 heteroatoms. The summed E-state index contributed by atoms with van der Waals surface area (Å²) in [4.78, 5) is 14.3. The van der Waals surface area contributed by atoms with Crippen LogP contribution >= 0.6 is 0 Å². The summed E-state index contributed by atoms with van der Waals surface area (Å²) in [5.74, 6) is 0.0540. The molecule has 3 heterocycles. The summed E-state index contributed by atoms with van der Waals surface area (Å²) in [6.45, 7) is 1.61. The molecule has 1 aliphatic heterocycles. The minimum absolute atomic E-state index is 0.0540. The van der Waals surface area contributed by atoms with Crippen LogP contribution in [0.1, 0.15) is 12.5 Å². The lowest BCUT2D eigenvalue weighted by molar-refractivity contribution is -0.131. The zero-order chi connectivity index (χ0) is 14.9. The van der Waals surface area contributed by atoms with Gasteiger partial charge in [0.05, 0.1) is 17.8 Å². The highest BCUT2D eigenvalue weighted by Crippen LogP contribution is 2.20. The smallest absolute Gasteiger partial charge is 0.244 e. The van der Waals surface area contributed by atoms with Crippen molar-refractivity contribution in [3.63, 3.8) is 0 Å². The standard InChI is InChI=1S/C14H15N7O/c22-14(10-21-13-4-2-1-3-12(13)16-18-21)19-7-5-11(9-19)20-8-6-15-17-20/h1-4,6,8,11H,5,7,9-10H2/t11-/m0/s1. The van der Waals surface area contributed by atoms with E-state index >= 15 is 0 Å². The monoisotopic (exact) mass is 297 g/mol. The Hall–Kier alpha value is -2.77. The van der Waals surface area contributed by atoms with Crippen molar-refractivity contribution in [1.82, 2.24) is 34.9 Å². The van der Waals surface area contributed by atoms with Crippen LogP contribution < -0.4 is 0 Å². The van der Waals surface area contributed by atoms with E-state index in [1.165, 1.54) is 0 Å². The second-order valence-corrected chi connectivity index (χ2v) is 5.40. The van der Waals surface area contributed by atoms with Gasteiger partial charge >= 0.3 is 0 Å². The van der Waals surface area contributed by atoms with Crippen LogP contribution in [0.5, 0.6) is 0 Å². The number of aromatic nitrogens is 6. The lowest BCUT2D eigenvalue weighted by Crippen LogP contribution is -2.32. The largest absolute Gasteiger partial charge is 0.339 e. The molecule has 0 bridgehead atoms. The fourth-order valence-corrected chi connectivity index (χ4v) is 2.86. The minimum atomic E-state index is 0.0540. The highest BCUT2D eigenvalue weighted by molar-refractivity contribution is 5.80. The van der Waals surface area contributed by atoms with Crippen LogP contribution in [0.2, 0.25) is 0 Å². The number of likely N-dealkylation sites (tertiary alicyclic amines) is 1. The van der Waals surface area contributed by atoms with Crippen molar-refractivity contribution in [3.8, 4) is 0 Å². The third-order valence-corrected chi connectivity index (χ3v) is 4.04. The van der Waals surface area contributed by atoms with Crippen molar-refractivity contribution in [2.24, 2.45) is 0 Å². The molecule has 0 saturated carbocycles. The SMILES string of the molecule is O=C(Cn1nnc2ccccc21)N1CC[C@H](n2ccnn2)C1. The molecule has 1 aliphatic rings. The first-order chi connectivity index (χ1) is 10.8. The highest BCUT2D eigenvalue weighted by Gasteiger charge is 2.28. The molecule has 1 saturated heterocycles. The Morgan fingerprint density at radius 2 is 2.18 bits per heavy atom. The molecule has 4 rings (SSSR count). The van der Waals surface area contributed by atoms with Crippen molar-refractivity contribution in [2.45, 2.75) is 19.0 Å². The van der Waals surface area contributed by atoms with E-state index in [9.17, 15) is 4.79 Å². The molecule has 0 unspecified atom stereocenters. The van der Waals surface area contributed by atoms with Crippen molar-refractivity contribution in [3.05, 3.63) is 36.7 Å². The average Bonchev–Trinajstić information content (AvgIpc) is 3.28. The maximum atomic E-state index is 12.5. The molecule has 1 atom stereocenters. The number of carbonyl (C=O) groups is 1. The number of para-hydroxylation sites is 1. The van der Waals surface area contributed by atoms with Crippen LogP contribution in [0.3, 0.4) is 0 Å². The van der Waals surface area contributed by atoms with Crippen LogP contribution in [0.15, 0.2) is 36.7 Å². The molecule has 1 aromatic carbocycles. The number of amides is 1. The fourth-order valence-electron chi connectivity index (χ4n) is 2.86. The van der Waals surface area contributed by atoms with Gasteiger partial charge in [0.15, 0.2) is 0 Å². The normalized spacial score (nSPS) is 18.2. The topological polar surface area (TPSA) is 81.7 Å². The molecular formula is C14H15N7O. The summed E-state index contributed by atoms with van der Waals surface area (Å²) in [7, 11) is 0. The maximum absolute atomic E-state index is 12.5. The van der Waals surface area contributed by atoms with E-state index in [0.29, 0.717) is 6.54 Å². The quantitative estimate of drug-likeness (QED) is 0.703. The van der Waals surface area contributed by atoms with Gasteiger partial charge in [0.25, 0.3) is 0 Å². The molecule has 112 valence electrons. The summed E-state index contributed by atoms with van der Waals surface area (Å²) < 4.78 is 3.47. The van der Waals surface area contributed by atoms with Crippen LogP contribution in [0.25, 0.3) is 11.0 Å². The van der Waals surface area contributed by atoms with Crippen LogP contribution in [0, 0.1) is 0 Å². The van der Waals surface area contributed by atoms with E-state index in [1.54, 1.807) is 10.9 Å². The summed E-state index contributed by atoms with van der Waals surface area (Å²) in [6, 6.07) is 7.85. The third-order valence-electron chi connectivity index (χ3n) is 4.04. The first kappa shape index (κ1) is 12.9. The maximum Gasteiger partial charge on any atom is 0.244 e. The predicted molar refractivity (Wildman–Crippen MR) is 77.8 cm³/mol. The number of hydrogen-bond acceptors (Lipinski definition) is 5. The first-order valence-corrected chi connectivity index (χ1v) is 7.23. The number of carbonyl (C=O) groups excluding carboxylic acids is 1. The van der Waals surface area contributed by atoms with Gasteiger partial charge in [-0.3, -0.25) is 4.79 Å². The molecule has 8 nitrogen and oxygen atoms in total.